The average Bonchev–Trinajstić information content (AvgIpc) is 2.90. The molecule has 0 bridgehead atoms. The highest BCUT2D eigenvalue weighted by atomic mass is 35.5. The standard InChI is InChI=1S/C19H17ClN2O2S2/c20-15-8-4-5-9-16(15)21(10-11-23)13-22-18(24)17(26-19(22)25)12-14-6-2-1-3-7-14/h1-9,12,23H,10-11,13H2. The molecule has 0 saturated carbocycles. The van der Waals surface area contributed by atoms with Gasteiger partial charge >= 0.3 is 0 Å². The molecule has 0 spiro atoms. The fourth-order valence-electron chi connectivity index (χ4n) is 2.59. The molecule has 0 unspecified atom stereocenters. The number of amides is 1. The summed E-state index contributed by atoms with van der Waals surface area (Å²) >= 11 is 13.0. The Labute approximate surface area is 167 Å². The summed E-state index contributed by atoms with van der Waals surface area (Å²) in [5.41, 5.74) is 1.70. The van der Waals surface area contributed by atoms with Crippen LogP contribution in [0.15, 0.2) is 59.5 Å². The predicted molar refractivity (Wildman–Crippen MR) is 112 cm³/mol. The maximum atomic E-state index is 12.8. The van der Waals surface area contributed by atoms with Crippen molar-refractivity contribution in [2.24, 2.45) is 0 Å². The molecule has 0 aromatic heterocycles. The Morgan fingerprint density at radius 2 is 1.85 bits per heavy atom. The van der Waals surface area contributed by atoms with Crippen molar-refractivity contribution in [1.29, 1.82) is 0 Å². The highest BCUT2D eigenvalue weighted by Gasteiger charge is 2.33. The predicted octanol–water partition coefficient (Wildman–Crippen LogP) is 4.00. The topological polar surface area (TPSA) is 43.8 Å². The zero-order valence-corrected chi connectivity index (χ0v) is 16.2. The first-order valence-corrected chi connectivity index (χ1v) is 9.61. The van der Waals surface area contributed by atoms with Crippen molar-refractivity contribution in [2.45, 2.75) is 0 Å². The number of carbonyl (C=O) groups excluding carboxylic acids is 1. The molecular formula is C19H17ClN2O2S2. The first-order chi connectivity index (χ1) is 12.6. The molecule has 3 rings (SSSR count). The Hall–Kier alpha value is -1.86. The zero-order chi connectivity index (χ0) is 18.5. The minimum Gasteiger partial charge on any atom is -0.395 e. The second-order valence-corrected chi connectivity index (χ2v) is 7.68. The molecule has 1 N–H and O–H groups in total. The van der Waals surface area contributed by atoms with E-state index in [-0.39, 0.29) is 19.2 Å². The first kappa shape index (κ1) is 18.9. The van der Waals surface area contributed by atoms with Crippen LogP contribution in [0, 0.1) is 0 Å². The molecule has 0 aliphatic carbocycles. The van der Waals surface area contributed by atoms with Crippen molar-refractivity contribution in [1.82, 2.24) is 4.90 Å². The Balaban J connectivity index is 1.82. The van der Waals surface area contributed by atoms with Crippen LogP contribution >= 0.6 is 35.6 Å². The van der Waals surface area contributed by atoms with Crippen molar-refractivity contribution >= 4 is 57.6 Å². The van der Waals surface area contributed by atoms with E-state index in [9.17, 15) is 9.90 Å². The summed E-state index contributed by atoms with van der Waals surface area (Å²) in [4.78, 5) is 16.8. The largest absolute Gasteiger partial charge is 0.395 e. The molecule has 134 valence electrons. The highest BCUT2D eigenvalue weighted by molar-refractivity contribution is 8.26. The summed E-state index contributed by atoms with van der Waals surface area (Å²) in [5, 5.41) is 9.97. The lowest BCUT2D eigenvalue weighted by molar-refractivity contribution is -0.122. The van der Waals surface area contributed by atoms with Crippen LogP contribution in [0.3, 0.4) is 0 Å². The second kappa shape index (κ2) is 8.68. The molecule has 1 aliphatic heterocycles. The van der Waals surface area contributed by atoms with E-state index in [1.165, 1.54) is 16.7 Å². The average molecular weight is 405 g/mol. The van der Waals surface area contributed by atoms with Crippen LogP contribution in [0.2, 0.25) is 5.02 Å². The van der Waals surface area contributed by atoms with Gasteiger partial charge in [-0.25, -0.2) is 0 Å². The molecule has 7 heteroatoms. The maximum Gasteiger partial charge on any atom is 0.267 e. The van der Waals surface area contributed by atoms with Crippen molar-refractivity contribution in [3.63, 3.8) is 0 Å². The lowest BCUT2D eigenvalue weighted by Crippen LogP contribution is -2.41. The summed E-state index contributed by atoms with van der Waals surface area (Å²) in [6.45, 7) is 0.527. The number of anilines is 1. The lowest BCUT2D eigenvalue weighted by atomic mass is 10.2. The molecular weight excluding hydrogens is 388 g/mol. The third-order valence-corrected chi connectivity index (χ3v) is 5.54. The molecule has 1 fully saturated rings. The van der Waals surface area contributed by atoms with Crippen molar-refractivity contribution in [3.05, 3.63) is 70.1 Å². The number of carbonyl (C=O) groups is 1. The monoisotopic (exact) mass is 404 g/mol. The van der Waals surface area contributed by atoms with Gasteiger partial charge in [0.2, 0.25) is 0 Å². The number of thiocarbonyl (C=S) groups is 1. The molecule has 2 aromatic carbocycles. The minimum atomic E-state index is -0.140. The molecule has 1 amide bonds. The van der Waals surface area contributed by atoms with E-state index in [2.05, 4.69) is 0 Å². The summed E-state index contributed by atoms with van der Waals surface area (Å²) in [7, 11) is 0. The van der Waals surface area contributed by atoms with Gasteiger partial charge in [-0.15, -0.1) is 0 Å². The number of para-hydroxylation sites is 1. The van der Waals surface area contributed by atoms with Gasteiger partial charge in [0, 0.05) is 6.54 Å². The van der Waals surface area contributed by atoms with Gasteiger partial charge in [0.05, 0.1) is 28.9 Å². The van der Waals surface area contributed by atoms with Crippen molar-refractivity contribution in [2.75, 3.05) is 24.7 Å². The van der Waals surface area contributed by atoms with Gasteiger partial charge in [-0.05, 0) is 23.8 Å². The van der Waals surface area contributed by atoms with Crippen LogP contribution in [0.5, 0.6) is 0 Å². The summed E-state index contributed by atoms with van der Waals surface area (Å²) < 4.78 is 0.493. The van der Waals surface area contributed by atoms with Crippen LogP contribution in [-0.2, 0) is 4.79 Å². The molecule has 4 nitrogen and oxygen atoms in total. The molecule has 26 heavy (non-hydrogen) atoms. The van der Waals surface area contributed by atoms with E-state index >= 15 is 0 Å². The fourth-order valence-corrected chi connectivity index (χ4v) is 4.09. The van der Waals surface area contributed by atoms with E-state index in [4.69, 9.17) is 23.8 Å². The maximum absolute atomic E-state index is 12.8. The van der Waals surface area contributed by atoms with E-state index in [1.807, 2.05) is 59.5 Å². The fraction of sp³-hybridized carbons (Fsp3) is 0.158. The number of nitrogens with zero attached hydrogens (tertiary/aromatic N) is 2. The van der Waals surface area contributed by atoms with Gasteiger partial charge < -0.3 is 10.0 Å². The Bertz CT molecular complexity index is 842. The number of aliphatic hydroxyl groups is 1. The van der Waals surface area contributed by atoms with E-state index < -0.39 is 0 Å². The Morgan fingerprint density at radius 1 is 1.15 bits per heavy atom. The summed E-state index contributed by atoms with van der Waals surface area (Å²) in [6, 6.07) is 17.0. The van der Waals surface area contributed by atoms with Gasteiger partial charge in [0.25, 0.3) is 5.91 Å². The van der Waals surface area contributed by atoms with Gasteiger partial charge in [0.1, 0.15) is 4.32 Å². The number of benzene rings is 2. The van der Waals surface area contributed by atoms with Gasteiger partial charge in [0.15, 0.2) is 0 Å². The second-order valence-electron chi connectivity index (χ2n) is 5.60. The third-order valence-electron chi connectivity index (χ3n) is 3.85. The number of aliphatic hydroxyl groups excluding tert-OH is 1. The van der Waals surface area contributed by atoms with E-state index in [0.29, 0.717) is 20.8 Å². The number of halogens is 1. The van der Waals surface area contributed by atoms with Gasteiger partial charge in [-0.2, -0.15) is 0 Å². The highest BCUT2D eigenvalue weighted by Crippen LogP contribution is 2.34. The number of thioether (sulfide) groups is 1. The number of hydrogen-bond donors (Lipinski definition) is 1. The molecule has 1 saturated heterocycles. The molecule has 0 atom stereocenters. The number of hydrogen-bond acceptors (Lipinski definition) is 5. The summed E-state index contributed by atoms with van der Waals surface area (Å²) in [5.74, 6) is -0.140. The van der Waals surface area contributed by atoms with Crippen LogP contribution < -0.4 is 4.90 Å². The third kappa shape index (κ3) is 4.27. The van der Waals surface area contributed by atoms with Crippen LogP contribution in [-0.4, -0.2) is 40.1 Å². The SMILES string of the molecule is O=C1C(=Cc2ccccc2)SC(=S)N1CN(CCO)c1ccccc1Cl. The van der Waals surface area contributed by atoms with Crippen LogP contribution in [0.25, 0.3) is 6.08 Å². The zero-order valence-electron chi connectivity index (χ0n) is 13.8. The van der Waals surface area contributed by atoms with Crippen molar-refractivity contribution < 1.29 is 9.90 Å². The van der Waals surface area contributed by atoms with Crippen LogP contribution in [0.1, 0.15) is 5.56 Å². The van der Waals surface area contributed by atoms with Gasteiger partial charge in [-0.3, -0.25) is 9.69 Å². The van der Waals surface area contributed by atoms with E-state index in [0.717, 1.165) is 11.3 Å². The minimum absolute atomic E-state index is 0.0557. The quantitative estimate of drug-likeness (QED) is 0.582. The molecule has 1 aliphatic rings. The molecule has 1 heterocycles. The smallest absolute Gasteiger partial charge is 0.267 e. The van der Waals surface area contributed by atoms with E-state index in [1.54, 1.807) is 6.07 Å². The molecule has 2 aromatic rings. The van der Waals surface area contributed by atoms with Gasteiger partial charge in [-0.1, -0.05) is 78.0 Å². The van der Waals surface area contributed by atoms with Crippen molar-refractivity contribution in [3.8, 4) is 0 Å². The van der Waals surface area contributed by atoms with Crippen LogP contribution in [0.4, 0.5) is 5.69 Å². The normalized spacial score (nSPS) is 15.8. The first-order valence-electron chi connectivity index (χ1n) is 8.01. The molecule has 0 radical (unpaired) electrons. The summed E-state index contributed by atoms with van der Waals surface area (Å²) in [6.07, 6.45) is 1.84. The number of rotatable bonds is 6. The lowest BCUT2D eigenvalue weighted by Gasteiger charge is -2.29. The Kier molecular flexibility index (Phi) is 6.32. The Morgan fingerprint density at radius 3 is 2.54 bits per heavy atom.